The van der Waals surface area contributed by atoms with Crippen LogP contribution in [-0.4, -0.2) is 41.1 Å². The summed E-state index contributed by atoms with van der Waals surface area (Å²) in [6.07, 6.45) is 0.852. The number of aromatic nitrogens is 2. The summed E-state index contributed by atoms with van der Waals surface area (Å²) < 4.78 is 6.62. The summed E-state index contributed by atoms with van der Waals surface area (Å²) in [5.41, 5.74) is 1.20. The zero-order chi connectivity index (χ0) is 17.6. The first-order chi connectivity index (χ1) is 12.1. The van der Waals surface area contributed by atoms with Crippen LogP contribution >= 0.6 is 23.1 Å². The van der Waals surface area contributed by atoms with E-state index in [0.717, 1.165) is 28.2 Å². The Morgan fingerprint density at radius 3 is 3.04 bits per heavy atom. The lowest BCUT2D eigenvalue weighted by Gasteiger charge is -2.11. The molecule has 0 bridgehead atoms. The number of para-hydroxylation sites is 1. The van der Waals surface area contributed by atoms with Crippen molar-refractivity contribution in [3.8, 4) is 5.75 Å². The second-order valence-electron chi connectivity index (χ2n) is 6.29. The van der Waals surface area contributed by atoms with Gasteiger partial charge in [-0.25, -0.2) is 0 Å². The van der Waals surface area contributed by atoms with Crippen molar-refractivity contribution in [2.75, 3.05) is 24.2 Å². The Hall–Kier alpha value is -1.80. The van der Waals surface area contributed by atoms with Gasteiger partial charge in [0.15, 0.2) is 4.34 Å². The fourth-order valence-electron chi connectivity index (χ4n) is 2.40. The van der Waals surface area contributed by atoms with Gasteiger partial charge in [0.25, 0.3) is 0 Å². The van der Waals surface area contributed by atoms with Crippen molar-refractivity contribution in [2.24, 2.45) is 5.92 Å². The van der Waals surface area contributed by atoms with Gasteiger partial charge in [-0.2, -0.15) is 0 Å². The Bertz CT molecular complexity index is 695. The zero-order valence-corrected chi connectivity index (χ0v) is 16.0. The monoisotopic (exact) mass is 378 g/mol. The highest BCUT2D eigenvalue weighted by Gasteiger charge is 2.22. The van der Waals surface area contributed by atoms with Crippen LogP contribution in [0.2, 0.25) is 0 Å². The van der Waals surface area contributed by atoms with Crippen LogP contribution in [0.3, 0.4) is 0 Å². The summed E-state index contributed by atoms with van der Waals surface area (Å²) in [5.74, 6) is 1.79. The molecule has 0 aliphatic carbocycles. The van der Waals surface area contributed by atoms with E-state index in [2.05, 4.69) is 40.7 Å². The molecule has 1 amide bonds. The van der Waals surface area contributed by atoms with Crippen LogP contribution in [-0.2, 0) is 11.2 Å². The summed E-state index contributed by atoms with van der Waals surface area (Å²) in [6, 6.07) is 8.00. The van der Waals surface area contributed by atoms with Crippen molar-refractivity contribution in [2.45, 2.75) is 30.7 Å². The highest BCUT2D eigenvalue weighted by molar-refractivity contribution is 8.01. The van der Waals surface area contributed by atoms with E-state index in [-0.39, 0.29) is 12.0 Å². The SMILES string of the molecule is CC(C)CNc1nnc(SCC(=O)NCC2Cc3ccccc3O2)s1. The predicted octanol–water partition coefficient (Wildman–Crippen LogP) is 2.82. The van der Waals surface area contributed by atoms with E-state index in [1.807, 2.05) is 18.2 Å². The molecule has 134 valence electrons. The molecule has 0 fully saturated rings. The maximum Gasteiger partial charge on any atom is 0.230 e. The minimum Gasteiger partial charge on any atom is -0.488 e. The molecule has 0 saturated carbocycles. The van der Waals surface area contributed by atoms with Gasteiger partial charge in [-0.15, -0.1) is 10.2 Å². The van der Waals surface area contributed by atoms with Crippen molar-refractivity contribution < 1.29 is 9.53 Å². The molecule has 2 aromatic rings. The number of fused-ring (bicyclic) bond motifs is 1. The molecule has 1 aromatic heterocycles. The molecular formula is C17H22N4O2S2. The van der Waals surface area contributed by atoms with Gasteiger partial charge in [0.05, 0.1) is 12.3 Å². The maximum atomic E-state index is 12.0. The quantitative estimate of drug-likeness (QED) is 0.688. The van der Waals surface area contributed by atoms with E-state index in [0.29, 0.717) is 18.2 Å². The Labute approximate surface area is 155 Å². The van der Waals surface area contributed by atoms with Crippen molar-refractivity contribution in [1.82, 2.24) is 15.5 Å². The summed E-state index contributed by atoms with van der Waals surface area (Å²) in [7, 11) is 0. The van der Waals surface area contributed by atoms with Crippen LogP contribution in [0.25, 0.3) is 0 Å². The number of rotatable bonds is 8. The average molecular weight is 379 g/mol. The van der Waals surface area contributed by atoms with Crippen molar-refractivity contribution >= 4 is 34.1 Å². The second-order valence-corrected chi connectivity index (χ2v) is 8.49. The van der Waals surface area contributed by atoms with Gasteiger partial charge in [-0.1, -0.05) is 55.1 Å². The molecule has 2 heterocycles. The average Bonchev–Trinajstić information content (AvgIpc) is 3.22. The number of nitrogens with one attached hydrogen (secondary N) is 2. The number of thioether (sulfide) groups is 1. The molecule has 0 spiro atoms. The van der Waals surface area contributed by atoms with Gasteiger partial charge >= 0.3 is 0 Å². The first kappa shape index (κ1) is 18.0. The first-order valence-electron chi connectivity index (χ1n) is 8.31. The lowest BCUT2D eigenvalue weighted by Crippen LogP contribution is -2.35. The van der Waals surface area contributed by atoms with E-state index >= 15 is 0 Å². The van der Waals surface area contributed by atoms with Gasteiger partial charge in [0.1, 0.15) is 11.9 Å². The van der Waals surface area contributed by atoms with Gasteiger partial charge in [-0.05, 0) is 17.5 Å². The zero-order valence-electron chi connectivity index (χ0n) is 14.3. The van der Waals surface area contributed by atoms with Crippen LogP contribution in [0.1, 0.15) is 19.4 Å². The molecule has 0 saturated heterocycles. The van der Waals surface area contributed by atoms with Crippen molar-refractivity contribution in [1.29, 1.82) is 0 Å². The Kier molecular flexibility index (Phi) is 6.14. The maximum absolute atomic E-state index is 12.0. The van der Waals surface area contributed by atoms with E-state index in [1.54, 1.807) is 0 Å². The fourth-order valence-corrected chi connectivity index (χ4v) is 3.99. The minimum atomic E-state index is -0.0172. The summed E-state index contributed by atoms with van der Waals surface area (Å²) in [5, 5.41) is 15.1. The summed E-state index contributed by atoms with van der Waals surface area (Å²) in [6.45, 7) is 5.66. The topological polar surface area (TPSA) is 76.1 Å². The highest BCUT2D eigenvalue weighted by atomic mass is 32.2. The van der Waals surface area contributed by atoms with Gasteiger partial charge in [0.2, 0.25) is 11.0 Å². The highest BCUT2D eigenvalue weighted by Crippen LogP contribution is 2.28. The number of ether oxygens (including phenoxy) is 1. The number of carbonyl (C=O) groups is 1. The van der Waals surface area contributed by atoms with Gasteiger partial charge in [0, 0.05) is 13.0 Å². The second kappa shape index (κ2) is 8.53. The van der Waals surface area contributed by atoms with Gasteiger partial charge < -0.3 is 15.4 Å². The Balaban J connectivity index is 1.36. The molecule has 8 heteroatoms. The molecule has 1 unspecified atom stereocenters. The first-order valence-corrected chi connectivity index (χ1v) is 10.1. The molecule has 6 nitrogen and oxygen atoms in total. The summed E-state index contributed by atoms with van der Waals surface area (Å²) in [4.78, 5) is 12.0. The Morgan fingerprint density at radius 2 is 2.24 bits per heavy atom. The van der Waals surface area contributed by atoms with Crippen molar-refractivity contribution in [3.05, 3.63) is 29.8 Å². The number of amides is 1. The van der Waals surface area contributed by atoms with E-state index in [1.165, 1.54) is 28.7 Å². The lowest BCUT2D eigenvalue weighted by atomic mass is 10.1. The number of nitrogens with zero attached hydrogens (tertiary/aromatic N) is 2. The molecule has 1 aliphatic rings. The molecule has 1 atom stereocenters. The number of benzene rings is 1. The van der Waals surface area contributed by atoms with Crippen LogP contribution in [0.5, 0.6) is 5.75 Å². The lowest BCUT2D eigenvalue weighted by molar-refractivity contribution is -0.118. The van der Waals surface area contributed by atoms with Crippen molar-refractivity contribution in [3.63, 3.8) is 0 Å². The number of hydrogen-bond acceptors (Lipinski definition) is 7. The predicted molar refractivity (Wildman–Crippen MR) is 102 cm³/mol. The number of anilines is 1. The van der Waals surface area contributed by atoms with E-state index in [9.17, 15) is 4.79 Å². The van der Waals surface area contributed by atoms with Crippen LogP contribution < -0.4 is 15.4 Å². The smallest absolute Gasteiger partial charge is 0.230 e. The van der Waals surface area contributed by atoms with Crippen LogP contribution in [0.15, 0.2) is 28.6 Å². The Morgan fingerprint density at radius 1 is 1.40 bits per heavy atom. The normalized spacial score (nSPS) is 15.7. The third kappa shape index (κ3) is 5.34. The summed E-state index contributed by atoms with van der Waals surface area (Å²) >= 11 is 2.88. The fraction of sp³-hybridized carbons (Fsp3) is 0.471. The minimum absolute atomic E-state index is 0.0136. The molecule has 2 N–H and O–H groups in total. The number of hydrogen-bond donors (Lipinski definition) is 2. The number of carbonyl (C=O) groups excluding carboxylic acids is 1. The van der Waals surface area contributed by atoms with Crippen LogP contribution in [0, 0.1) is 5.92 Å². The molecule has 25 heavy (non-hydrogen) atoms. The molecule has 0 radical (unpaired) electrons. The molecule has 1 aliphatic heterocycles. The molecular weight excluding hydrogens is 356 g/mol. The molecule has 1 aromatic carbocycles. The van der Waals surface area contributed by atoms with Gasteiger partial charge in [-0.3, -0.25) is 4.79 Å². The third-order valence-electron chi connectivity index (χ3n) is 3.64. The standard InChI is InChI=1S/C17H22N4O2S2/c1-11(2)8-19-16-20-21-17(25-16)24-10-15(22)18-9-13-7-12-5-3-4-6-14(12)23-13/h3-6,11,13H,7-10H2,1-2H3,(H,18,22)(H,19,20). The molecule has 3 rings (SSSR count). The largest absolute Gasteiger partial charge is 0.488 e. The van der Waals surface area contributed by atoms with Crippen LogP contribution in [0.4, 0.5) is 5.13 Å². The van der Waals surface area contributed by atoms with E-state index in [4.69, 9.17) is 4.74 Å². The van der Waals surface area contributed by atoms with E-state index < -0.39 is 0 Å². The third-order valence-corrected chi connectivity index (χ3v) is 5.65.